The Morgan fingerprint density at radius 1 is 1.00 bits per heavy atom. The Balaban J connectivity index is 2.31. The van der Waals surface area contributed by atoms with E-state index in [0.29, 0.717) is 9.21 Å². The third-order valence-corrected chi connectivity index (χ3v) is 6.38. The maximum atomic E-state index is 13.7. The van der Waals surface area contributed by atoms with Crippen LogP contribution >= 0.6 is 0 Å². The standard InChI is InChI=1S/C21H21N3O7S/c1-4-30-20(26)17-14-10-6-7-11-15(14)32(28,29)23(3)18(17)19(25)24(21(27)31-5-2)16-12-8-9-13-22-16/h6-13H,4-5H2,1-3H3. The van der Waals surface area contributed by atoms with Crippen LogP contribution in [-0.2, 0) is 29.1 Å². The zero-order chi connectivity index (χ0) is 23.5. The first-order valence-electron chi connectivity index (χ1n) is 9.67. The van der Waals surface area contributed by atoms with Gasteiger partial charge in [-0.3, -0.25) is 9.10 Å². The summed E-state index contributed by atoms with van der Waals surface area (Å²) in [6, 6.07) is 10.2. The van der Waals surface area contributed by atoms with Gasteiger partial charge in [-0.1, -0.05) is 24.3 Å². The van der Waals surface area contributed by atoms with Crippen LogP contribution in [0.2, 0.25) is 0 Å². The molecule has 1 aliphatic rings. The first kappa shape index (κ1) is 22.9. The summed E-state index contributed by atoms with van der Waals surface area (Å²) in [5, 5.41) is 0. The van der Waals surface area contributed by atoms with Crippen molar-refractivity contribution in [3.05, 3.63) is 59.9 Å². The molecule has 0 spiro atoms. The molecule has 0 saturated carbocycles. The minimum absolute atomic E-state index is 0.00257. The van der Waals surface area contributed by atoms with Gasteiger partial charge in [0.1, 0.15) is 11.5 Å². The maximum absolute atomic E-state index is 13.7. The van der Waals surface area contributed by atoms with Crippen molar-refractivity contribution in [1.82, 2.24) is 9.29 Å². The van der Waals surface area contributed by atoms with E-state index in [1.54, 1.807) is 26.0 Å². The number of carbonyl (C=O) groups excluding carboxylic acids is 3. The van der Waals surface area contributed by atoms with E-state index in [1.165, 1.54) is 36.5 Å². The minimum Gasteiger partial charge on any atom is -0.462 e. The molecular weight excluding hydrogens is 438 g/mol. The normalized spacial score (nSPS) is 14.4. The van der Waals surface area contributed by atoms with Gasteiger partial charge < -0.3 is 9.47 Å². The lowest BCUT2D eigenvalue weighted by Crippen LogP contribution is -2.46. The van der Waals surface area contributed by atoms with Gasteiger partial charge in [-0.25, -0.2) is 23.0 Å². The lowest BCUT2D eigenvalue weighted by Gasteiger charge is -2.32. The van der Waals surface area contributed by atoms with E-state index in [0.717, 1.165) is 7.05 Å². The molecule has 0 radical (unpaired) electrons. The van der Waals surface area contributed by atoms with Crippen LogP contribution in [0.4, 0.5) is 10.6 Å². The number of ether oxygens (including phenoxy) is 2. The van der Waals surface area contributed by atoms with Gasteiger partial charge in [-0.15, -0.1) is 0 Å². The number of hydrogen-bond donors (Lipinski definition) is 0. The number of aromatic nitrogens is 1. The number of likely N-dealkylation sites (N-methyl/N-ethyl adjacent to an activating group) is 1. The van der Waals surface area contributed by atoms with Crippen molar-refractivity contribution in [2.24, 2.45) is 0 Å². The predicted molar refractivity (Wildman–Crippen MR) is 114 cm³/mol. The minimum atomic E-state index is -4.20. The Bertz CT molecular complexity index is 1190. The summed E-state index contributed by atoms with van der Waals surface area (Å²) >= 11 is 0. The van der Waals surface area contributed by atoms with Crippen molar-refractivity contribution in [1.29, 1.82) is 0 Å². The van der Waals surface area contributed by atoms with Crippen LogP contribution in [-0.4, -0.2) is 55.9 Å². The van der Waals surface area contributed by atoms with Gasteiger partial charge in [0.15, 0.2) is 0 Å². The molecular formula is C21H21N3O7S. The van der Waals surface area contributed by atoms with Crippen molar-refractivity contribution >= 4 is 39.4 Å². The van der Waals surface area contributed by atoms with Gasteiger partial charge in [-0.05, 0) is 32.0 Å². The van der Waals surface area contributed by atoms with Crippen LogP contribution in [0.15, 0.2) is 59.3 Å². The van der Waals surface area contributed by atoms with Crippen LogP contribution in [0.3, 0.4) is 0 Å². The van der Waals surface area contributed by atoms with E-state index in [-0.39, 0.29) is 35.1 Å². The summed E-state index contributed by atoms with van der Waals surface area (Å²) in [7, 11) is -3.08. The lowest BCUT2D eigenvalue weighted by molar-refractivity contribution is -0.136. The number of nitrogens with zero attached hydrogens (tertiary/aromatic N) is 3. The summed E-state index contributed by atoms with van der Waals surface area (Å²) in [6.45, 7) is 3.07. The highest BCUT2D eigenvalue weighted by Crippen LogP contribution is 2.37. The fraction of sp³-hybridized carbons (Fsp3) is 0.238. The molecule has 0 aliphatic carbocycles. The zero-order valence-corrected chi connectivity index (χ0v) is 18.5. The third kappa shape index (κ3) is 3.94. The molecule has 3 rings (SSSR count). The molecule has 0 atom stereocenters. The van der Waals surface area contributed by atoms with Crippen molar-refractivity contribution in [2.75, 3.05) is 25.2 Å². The molecule has 0 saturated heterocycles. The Labute approximate surface area is 185 Å². The highest BCUT2D eigenvalue weighted by Gasteiger charge is 2.43. The van der Waals surface area contributed by atoms with Gasteiger partial charge in [0.25, 0.3) is 15.9 Å². The van der Waals surface area contributed by atoms with Gasteiger partial charge in [0.05, 0.1) is 23.7 Å². The van der Waals surface area contributed by atoms with Gasteiger partial charge in [0, 0.05) is 18.8 Å². The highest BCUT2D eigenvalue weighted by molar-refractivity contribution is 7.89. The SMILES string of the molecule is CCOC(=O)C1=C(C(=O)N(C(=O)OCC)c2ccccn2)N(C)S(=O)(=O)c2ccccc21. The fourth-order valence-electron chi connectivity index (χ4n) is 3.16. The average Bonchev–Trinajstić information content (AvgIpc) is 2.77. The first-order valence-corrected chi connectivity index (χ1v) is 11.1. The number of fused-ring (bicyclic) bond motifs is 1. The van der Waals surface area contributed by atoms with Crippen LogP contribution in [0, 0.1) is 0 Å². The zero-order valence-electron chi connectivity index (χ0n) is 17.6. The number of rotatable bonds is 5. The number of anilines is 1. The number of esters is 1. The molecule has 0 N–H and O–H groups in total. The maximum Gasteiger partial charge on any atom is 0.422 e. The number of benzene rings is 1. The summed E-state index contributed by atoms with van der Waals surface area (Å²) < 4.78 is 37.0. The second kappa shape index (κ2) is 9.18. The predicted octanol–water partition coefficient (Wildman–Crippen LogP) is 2.18. The molecule has 1 aromatic heterocycles. The molecule has 0 unspecified atom stereocenters. The fourth-order valence-corrected chi connectivity index (χ4v) is 4.57. The molecule has 32 heavy (non-hydrogen) atoms. The second-order valence-corrected chi connectivity index (χ2v) is 8.38. The van der Waals surface area contributed by atoms with Gasteiger partial charge in [0.2, 0.25) is 0 Å². The number of hydrogen-bond acceptors (Lipinski definition) is 8. The topological polar surface area (TPSA) is 123 Å². The van der Waals surface area contributed by atoms with Crippen molar-refractivity contribution in [2.45, 2.75) is 18.7 Å². The number of imide groups is 1. The second-order valence-electron chi connectivity index (χ2n) is 6.44. The summed E-state index contributed by atoms with van der Waals surface area (Å²) in [5.74, 6) is -2.11. The molecule has 2 aromatic rings. The van der Waals surface area contributed by atoms with Crippen molar-refractivity contribution in [3.63, 3.8) is 0 Å². The molecule has 0 bridgehead atoms. The number of amides is 2. The molecule has 2 amide bonds. The molecule has 1 aromatic carbocycles. The number of carbonyl (C=O) groups is 3. The van der Waals surface area contributed by atoms with Crippen LogP contribution in [0.1, 0.15) is 19.4 Å². The molecule has 0 fully saturated rings. The van der Waals surface area contributed by atoms with E-state index in [1.807, 2.05) is 0 Å². The van der Waals surface area contributed by atoms with Crippen LogP contribution in [0.25, 0.3) is 5.57 Å². The Morgan fingerprint density at radius 2 is 1.66 bits per heavy atom. The smallest absolute Gasteiger partial charge is 0.422 e. The molecule has 168 valence electrons. The number of sulfonamides is 1. The van der Waals surface area contributed by atoms with Crippen LogP contribution in [0.5, 0.6) is 0 Å². The summed E-state index contributed by atoms with van der Waals surface area (Å²) in [4.78, 5) is 43.6. The quantitative estimate of drug-likeness (QED) is 0.624. The Hall–Kier alpha value is -3.73. The van der Waals surface area contributed by atoms with Gasteiger partial charge in [-0.2, -0.15) is 4.90 Å². The average molecular weight is 459 g/mol. The third-order valence-electron chi connectivity index (χ3n) is 4.56. The molecule has 10 nitrogen and oxygen atoms in total. The van der Waals surface area contributed by atoms with E-state index in [2.05, 4.69) is 4.98 Å². The van der Waals surface area contributed by atoms with E-state index >= 15 is 0 Å². The first-order chi connectivity index (χ1) is 15.3. The Kier molecular flexibility index (Phi) is 6.58. The summed E-state index contributed by atoms with van der Waals surface area (Å²) in [5.41, 5.74) is -0.840. The largest absolute Gasteiger partial charge is 0.462 e. The van der Waals surface area contributed by atoms with Crippen molar-refractivity contribution in [3.8, 4) is 0 Å². The highest BCUT2D eigenvalue weighted by atomic mass is 32.2. The monoisotopic (exact) mass is 459 g/mol. The van der Waals surface area contributed by atoms with Gasteiger partial charge >= 0.3 is 12.1 Å². The Morgan fingerprint density at radius 3 is 2.28 bits per heavy atom. The molecule has 11 heteroatoms. The summed E-state index contributed by atoms with van der Waals surface area (Å²) in [6.07, 6.45) is 0.281. The van der Waals surface area contributed by atoms with Crippen molar-refractivity contribution < 1.29 is 32.3 Å². The lowest BCUT2D eigenvalue weighted by atomic mass is 10.0. The molecule has 1 aliphatic heterocycles. The van der Waals surface area contributed by atoms with E-state index < -0.39 is 33.7 Å². The molecule has 2 heterocycles. The van der Waals surface area contributed by atoms with E-state index in [4.69, 9.17) is 9.47 Å². The number of pyridine rings is 1. The van der Waals surface area contributed by atoms with Crippen LogP contribution < -0.4 is 4.90 Å². The van der Waals surface area contributed by atoms with E-state index in [9.17, 15) is 22.8 Å².